The molecule has 0 saturated heterocycles. The number of aliphatic hydroxyl groups is 1. The fourth-order valence-corrected chi connectivity index (χ4v) is 3.53. The molecule has 0 aliphatic carbocycles. The standard InChI is InChI=1S/C12H12ClN3O.C12H13N3O2.C2H6.Cl2OS.ClH/c1-9(17)8-16-11(4-6-15-16)12-10(7-13)3-2-5-14-12;1-9(17)7-15-11(4-6-14-15)12-10(8-16)3-2-5-13-12;1-2;1-4(2)3;/h2-6H,7-8H2,1H3;2-6,16H,7-8H2,1H3;1-2H3;;1H/i;;1D;;. The number of ketones is 2. The second kappa shape index (κ2) is 21.1. The topological polar surface area (TPSA) is 133 Å². The predicted octanol–water partition coefficient (Wildman–Crippen LogP) is 5.79. The van der Waals surface area contributed by atoms with Crippen molar-refractivity contribution in [3.05, 3.63) is 72.3 Å². The van der Waals surface area contributed by atoms with E-state index in [2.05, 4.69) is 41.5 Å². The van der Waals surface area contributed by atoms with Crippen LogP contribution in [0.4, 0.5) is 0 Å². The first kappa shape index (κ1) is 36.4. The quantitative estimate of drug-likeness (QED) is 0.185. The Morgan fingerprint density at radius 1 is 0.878 bits per heavy atom. The van der Waals surface area contributed by atoms with Crippen molar-refractivity contribution in [2.45, 2.75) is 53.2 Å². The molecule has 41 heavy (non-hydrogen) atoms. The van der Waals surface area contributed by atoms with E-state index in [9.17, 15) is 14.7 Å². The molecule has 4 rings (SSSR count). The Balaban J connectivity index is 0.000000644. The van der Waals surface area contributed by atoms with Gasteiger partial charge in [0.05, 0.1) is 42.5 Å². The van der Waals surface area contributed by atoms with Crippen LogP contribution in [-0.2, 0) is 44.4 Å². The lowest BCUT2D eigenvalue weighted by Crippen LogP contribution is -2.10. The van der Waals surface area contributed by atoms with E-state index in [1.807, 2.05) is 18.2 Å². The van der Waals surface area contributed by atoms with Gasteiger partial charge >= 0.3 is 0 Å². The molecule has 1 N–H and O–H groups in total. The van der Waals surface area contributed by atoms with Crippen LogP contribution in [0.25, 0.3) is 22.8 Å². The van der Waals surface area contributed by atoms with Gasteiger partial charge in [-0.05, 0) is 43.7 Å². The fourth-order valence-electron chi connectivity index (χ4n) is 3.32. The van der Waals surface area contributed by atoms with E-state index in [4.69, 9.17) is 17.2 Å². The monoisotopic (exact) mass is 665 g/mol. The van der Waals surface area contributed by atoms with Crippen molar-refractivity contribution in [3.8, 4) is 22.8 Å². The van der Waals surface area contributed by atoms with Gasteiger partial charge < -0.3 is 5.11 Å². The smallest absolute Gasteiger partial charge is 0.211 e. The maximum atomic E-state index is 11.1. The second-order valence-corrected chi connectivity index (χ2v) is 10.4. The maximum absolute atomic E-state index is 11.1. The van der Waals surface area contributed by atoms with Crippen LogP contribution < -0.4 is 0 Å². The highest BCUT2D eigenvalue weighted by molar-refractivity contribution is 8.26. The lowest BCUT2D eigenvalue weighted by atomic mass is 10.1. The first-order valence-corrected chi connectivity index (χ1v) is 15.0. The first-order chi connectivity index (χ1) is 19.6. The molecule has 4 aromatic heterocycles. The molecule has 4 aromatic rings. The van der Waals surface area contributed by atoms with E-state index in [-0.39, 0.29) is 43.7 Å². The summed E-state index contributed by atoms with van der Waals surface area (Å²) in [5, 5.41) is 17.5. The largest absolute Gasteiger partial charge is 0.392 e. The van der Waals surface area contributed by atoms with Crippen LogP contribution in [0.2, 0.25) is 0 Å². The predicted molar refractivity (Wildman–Crippen MR) is 166 cm³/mol. The molecule has 0 radical (unpaired) electrons. The third-order valence-corrected chi connectivity index (χ3v) is 5.05. The SMILES string of the molecule is CC(=O)Cn1nccc1-c1ncccc1CCl.CC(=O)Cn1nccc1-c1ncccc1CO.Cl.O=S(Cl)Cl.[2H]CC. The van der Waals surface area contributed by atoms with Gasteiger partial charge in [0.2, 0.25) is 9.23 Å². The third-order valence-electron chi connectivity index (χ3n) is 4.76. The van der Waals surface area contributed by atoms with Crippen molar-refractivity contribution in [1.29, 1.82) is 0 Å². The van der Waals surface area contributed by atoms with E-state index >= 15 is 0 Å². The highest BCUT2D eigenvalue weighted by Gasteiger charge is 2.13. The van der Waals surface area contributed by atoms with E-state index in [1.54, 1.807) is 59.3 Å². The number of pyridine rings is 2. The second-order valence-electron chi connectivity index (χ2n) is 7.65. The summed E-state index contributed by atoms with van der Waals surface area (Å²) >= 11 is 5.87. The van der Waals surface area contributed by atoms with E-state index in [0.717, 1.165) is 28.2 Å². The number of carbonyl (C=O) groups is 2. The van der Waals surface area contributed by atoms with Crippen LogP contribution in [0, 0.1) is 0 Å². The maximum Gasteiger partial charge on any atom is 0.211 e. The Morgan fingerprint density at radius 2 is 1.27 bits per heavy atom. The van der Waals surface area contributed by atoms with E-state index in [0.29, 0.717) is 18.5 Å². The Hall–Kier alpha value is -2.67. The zero-order valence-electron chi connectivity index (χ0n) is 23.6. The molecule has 0 bridgehead atoms. The normalized spacial score (nSPS) is 10.0. The summed E-state index contributed by atoms with van der Waals surface area (Å²) < 4.78 is 18.5. The Morgan fingerprint density at radius 3 is 1.63 bits per heavy atom. The first-order valence-electron chi connectivity index (χ1n) is 12.4. The van der Waals surface area contributed by atoms with Gasteiger partial charge in [0.1, 0.15) is 0 Å². The highest BCUT2D eigenvalue weighted by Crippen LogP contribution is 2.22. The van der Waals surface area contributed by atoms with Crippen LogP contribution in [0.3, 0.4) is 0 Å². The molecule has 10 nitrogen and oxygen atoms in total. The molecule has 0 spiro atoms. The average molecular weight is 667 g/mol. The molecular formula is C26H32Cl4N6O4S. The molecule has 0 fully saturated rings. The summed E-state index contributed by atoms with van der Waals surface area (Å²) in [6, 6.07) is 10.9. The summed E-state index contributed by atoms with van der Waals surface area (Å²) in [6.45, 7) is 5.71. The molecule has 0 aromatic carbocycles. The molecule has 0 atom stereocenters. The van der Waals surface area contributed by atoms with Crippen molar-refractivity contribution in [1.82, 2.24) is 29.5 Å². The summed E-state index contributed by atoms with van der Waals surface area (Å²) in [4.78, 5) is 30.8. The van der Waals surface area contributed by atoms with Gasteiger partial charge in [-0.1, -0.05) is 26.0 Å². The molecule has 0 saturated carbocycles. The number of aromatic nitrogens is 6. The number of carbonyl (C=O) groups excluding carboxylic acids is 2. The number of alkyl halides is 1. The molecule has 0 amide bonds. The van der Waals surface area contributed by atoms with Gasteiger partial charge in [-0.2, -0.15) is 10.2 Å². The summed E-state index contributed by atoms with van der Waals surface area (Å²) in [5.74, 6) is 0.462. The molecular weight excluding hydrogens is 634 g/mol. The third kappa shape index (κ3) is 13.2. The molecule has 0 aliphatic rings. The van der Waals surface area contributed by atoms with Gasteiger partial charge in [0.25, 0.3) is 0 Å². The zero-order valence-corrected chi connectivity index (χ0v) is 26.5. The Bertz CT molecular complexity index is 1300. The van der Waals surface area contributed by atoms with Gasteiger partial charge in [0.15, 0.2) is 11.6 Å². The van der Waals surface area contributed by atoms with Gasteiger partial charge in [-0.3, -0.25) is 28.9 Å². The highest BCUT2D eigenvalue weighted by atomic mass is 36.0. The lowest BCUT2D eigenvalue weighted by molar-refractivity contribution is -0.118. The van der Waals surface area contributed by atoms with Crippen molar-refractivity contribution in [2.24, 2.45) is 0 Å². The molecule has 224 valence electrons. The molecule has 15 heteroatoms. The number of Topliss-reactive ketones (excluding diaryl/α,β-unsaturated/α-hetero) is 2. The summed E-state index contributed by atoms with van der Waals surface area (Å²) in [6.07, 6.45) is 6.63. The number of hydrogen-bond donors (Lipinski definition) is 1. The lowest BCUT2D eigenvalue weighted by Gasteiger charge is -2.08. The minimum Gasteiger partial charge on any atom is -0.392 e. The summed E-state index contributed by atoms with van der Waals surface area (Å²) in [7, 11) is 7.36. The van der Waals surface area contributed by atoms with Crippen LogP contribution in [0.5, 0.6) is 0 Å². The minimum atomic E-state index is -1.67. The number of halogens is 4. The zero-order chi connectivity index (χ0) is 30.8. The number of nitrogens with zero attached hydrogens (tertiary/aromatic N) is 6. The van der Waals surface area contributed by atoms with Crippen LogP contribution in [-0.4, -0.2) is 50.4 Å². The number of aliphatic hydroxyl groups excluding tert-OH is 1. The number of rotatable bonds is 8. The Labute approximate surface area is 263 Å². The van der Waals surface area contributed by atoms with E-state index in [1.165, 1.54) is 13.8 Å². The van der Waals surface area contributed by atoms with Crippen molar-refractivity contribution < 1.29 is 20.3 Å². The Kier molecular flexibility index (Phi) is 18.7. The van der Waals surface area contributed by atoms with Gasteiger partial charge in [-0.15, -0.1) is 24.0 Å². The van der Waals surface area contributed by atoms with Gasteiger partial charge in [0, 0.05) is 59.0 Å². The average Bonchev–Trinajstić information content (AvgIpc) is 3.58. The fraction of sp³-hybridized carbons (Fsp3) is 0.308. The van der Waals surface area contributed by atoms with Crippen LogP contribution in [0.1, 0.15) is 40.2 Å². The van der Waals surface area contributed by atoms with Crippen molar-refractivity contribution >= 4 is 66.2 Å². The van der Waals surface area contributed by atoms with Crippen molar-refractivity contribution in [2.75, 3.05) is 0 Å². The van der Waals surface area contributed by atoms with Crippen LogP contribution in [0.15, 0.2) is 61.2 Å². The molecule has 0 unspecified atom stereocenters. The summed E-state index contributed by atoms with van der Waals surface area (Å²) in [5.41, 5.74) is 4.65. The molecule has 0 aliphatic heterocycles. The van der Waals surface area contributed by atoms with E-state index < -0.39 is 9.23 Å². The minimum absolute atomic E-state index is 0. The van der Waals surface area contributed by atoms with Gasteiger partial charge in [-0.25, -0.2) is 4.21 Å². The van der Waals surface area contributed by atoms with Crippen molar-refractivity contribution in [3.63, 3.8) is 0 Å². The number of hydrogen-bond acceptors (Lipinski definition) is 8. The molecule has 4 heterocycles. The van der Waals surface area contributed by atoms with Crippen LogP contribution >= 0.6 is 45.4 Å².